The molecule has 204 valence electrons. The van der Waals surface area contributed by atoms with Crippen LogP contribution in [0.5, 0.6) is 0 Å². The van der Waals surface area contributed by atoms with Gasteiger partial charge in [-0.25, -0.2) is 9.59 Å². The van der Waals surface area contributed by atoms with Crippen LogP contribution < -0.4 is 16.4 Å². The fraction of sp³-hybridized carbons (Fsp3) is 0.481. The van der Waals surface area contributed by atoms with Crippen molar-refractivity contribution < 1.29 is 29.6 Å². The van der Waals surface area contributed by atoms with Crippen molar-refractivity contribution in [2.45, 2.75) is 68.7 Å². The Morgan fingerprint density at radius 1 is 0.919 bits per heavy atom. The second-order valence-corrected chi connectivity index (χ2v) is 16.1. The van der Waals surface area contributed by atoms with Crippen LogP contribution in [0.3, 0.4) is 0 Å². The van der Waals surface area contributed by atoms with Gasteiger partial charge in [-0.1, -0.05) is 80.3 Å². The van der Waals surface area contributed by atoms with Crippen molar-refractivity contribution in [3.63, 3.8) is 0 Å². The van der Waals surface area contributed by atoms with E-state index in [-0.39, 0.29) is 25.1 Å². The zero-order valence-corrected chi connectivity index (χ0v) is 22.8. The van der Waals surface area contributed by atoms with Crippen LogP contribution in [0.1, 0.15) is 17.5 Å². The molecule has 0 radical (unpaired) electrons. The van der Waals surface area contributed by atoms with Gasteiger partial charge in [0.05, 0.1) is 32.9 Å². The minimum atomic E-state index is -1.82. The number of ether oxygens (including phenoxy) is 1. The minimum Gasteiger partial charge on any atom is -0.465 e. The summed E-state index contributed by atoms with van der Waals surface area (Å²) in [4.78, 5) is 23.6. The third-order valence-corrected chi connectivity index (χ3v) is 9.35. The summed E-state index contributed by atoms with van der Waals surface area (Å²) in [5, 5.41) is 35.3. The van der Waals surface area contributed by atoms with Crippen LogP contribution in [-0.4, -0.2) is 73.0 Å². The molecule has 0 heterocycles. The van der Waals surface area contributed by atoms with E-state index in [9.17, 15) is 19.8 Å². The zero-order chi connectivity index (χ0) is 27.4. The number of rotatable bonds is 14. The summed E-state index contributed by atoms with van der Waals surface area (Å²) < 4.78 is 5.44. The third-order valence-electron chi connectivity index (χ3n) is 6.50. The number of hydrogen-bond donors (Lipinski definition) is 6. The summed E-state index contributed by atoms with van der Waals surface area (Å²) in [6.07, 6.45) is -2.64. The van der Waals surface area contributed by atoms with E-state index in [0.717, 1.165) is 11.1 Å². The average Bonchev–Trinajstić information content (AvgIpc) is 2.84. The molecule has 2 amide bonds. The fourth-order valence-electron chi connectivity index (χ4n) is 4.03. The standard InChI is InChI=1S/C27H41N3O6Si/c1-37(2,3)21(16-24(31)22(28)14-19-10-6-4-7-11-19)18-36-27(35)29-17-25(32)23(30-26(33)34)15-20-12-8-5-9-13-20/h4-13,21-25,30-32H,14-18,28H2,1-3H3,(H,29,35)(H,33,34). The molecule has 0 bridgehead atoms. The first-order valence-corrected chi connectivity index (χ1v) is 16.1. The number of carbonyl (C=O) groups is 2. The van der Waals surface area contributed by atoms with Gasteiger partial charge < -0.3 is 36.4 Å². The molecule has 7 N–H and O–H groups in total. The van der Waals surface area contributed by atoms with E-state index in [2.05, 4.69) is 30.3 Å². The molecule has 0 aliphatic heterocycles. The lowest BCUT2D eigenvalue weighted by Gasteiger charge is -2.32. The van der Waals surface area contributed by atoms with Crippen molar-refractivity contribution in [1.82, 2.24) is 10.6 Å². The summed E-state index contributed by atoms with van der Waals surface area (Å²) in [5.74, 6) is 0. The molecule has 2 aromatic rings. The molecular weight excluding hydrogens is 490 g/mol. The summed E-state index contributed by atoms with van der Waals surface area (Å²) in [6.45, 7) is 6.37. The quantitative estimate of drug-likeness (QED) is 0.205. The number of nitrogens with two attached hydrogens (primary N) is 1. The SMILES string of the molecule is C[Si](C)(C)C(COC(=O)NCC(O)C(Cc1ccccc1)NC(=O)O)CC(O)C(N)Cc1ccccc1. The lowest BCUT2D eigenvalue weighted by Crippen LogP contribution is -2.49. The van der Waals surface area contributed by atoms with Crippen molar-refractivity contribution in [1.29, 1.82) is 0 Å². The molecule has 0 saturated carbocycles. The van der Waals surface area contributed by atoms with Gasteiger partial charge in [0.1, 0.15) is 0 Å². The van der Waals surface area contributed by atoms with E-state index < -0.39 is 44.6 Å². The smallest absolute Gasteiger partial charge is 0.407 e. The number of aliphatic hydroxyl groups is 2. The normalized spacial score (nSPS) is 15.6. The van der Waals surface area contributed by atoms with Crippen molar-refractivity contribution in [3.8, 4) is 0 Å². The molecule has 0 saturated heterocycles. The first-order chi connectivity index (χ1) is 17.5. The molecule has 2 rings (SSSR count). The van der Waals surface area contributed by atoms with E-state index in [0.29, 0.717) is 12.8 Å². The Morgan fingerprint density at radius 3 is 1.97 bits per heavy atom. The lowest BCUT2D eigenvalue weighted by atomic mass is 9.99. The van der Waals surface area contributed by atoms with E-state index in [1.54, 1.807) is 0 Å². The Kier molecular flexibility index (Phi) is 12.1. The molecule has 0 spiro atoms. The van der Waals surface area contributed by atoms with E-state index >= 15 is 0 Å². The number of amides is 2. The van der Waals surface area contributed by atoms with E-state index in [4.69, 9.17) is 15.6 Å². The molecule has 10 heteroatoms. The summed E-state index contributed by atoms with van der Waals surface area (Å²) >= 11 is 0. The van der Waals surface area contributed by atoms with Crippen LogP contribution in [0.15, 0.2) is 60.7 Å². The average molecular weight is 532 g/mol. The lowest BCUT2D eigenvalue weighted by molar-refractivity contribution is 0.0980. The molecule has 0 fully saturated rings. The van der Waals surface area contributed by atoms with Gasteiger partial charge in [-0.15, -0.1) is 0 Å². The van der Waals surface area contributed by atoms with Crippen LogP contribution in [0, 0.1) is 0 Å². The largest absolute Gasteiger partial charge is 0.465 e. The van der Waals surface area contributed by atoms with Crippen molar-refractivity contribution in [2.24, 2.45) is 5.73 Å². The van der Waals surface area contributed by atoms with Gasteiger partial charge in [0.25, 0.3) is 0 Å². The number of aliphatic hydroxyl groups excluding tert-OH is 2. The molecule has 0 aliphatic carbocycles. The second-order valence-electron chi connectivity index (χ2n) is 10.5. The highest BCUT2D eigenvalue weighted by Gasteiger charge is 2.32. The Morgan fingerprint density at radius 2 is 1.46 bits per heavy atom. The number of carboxylic acid groups (broad SMARTS) is 1. The number of hydrogen-bond acceptors (Lipinski definition) is 6. The molecule has 9 nitrogen and oxygen atoms in total. The van der Waals surface area contributed by atoms with E-state index in [1.807, 2.05) is 60.7 Å². The Balaban J connectivity index is 1.87. The highest BCUT2D eigenvalue weighted by Crippen LogP contribution is 2.28. The van der Waals surface area contributed by atoms with Gasteiger partial charge in [0.15, 0.2) is 0 Å². The maximum Gasteiger partial charge on any atom is 0.407 e. The van der Waals surface area contributed by atoms with Crippen LogP contribution in [0.25, 0.3) is 0 Å². The zero-order valence-electron chi connectivity index (χ0n) is 21.8. The number of benzene rings is 2. The summed E-state index contributed by atoms with van der Waals surface area (Å²) in [6, 6.07) is 17.7. The highest BCUT2D eigenvalue weighted by molar-refractivity contribution is 6.77. The van der Waals surface area contributed by atoms with Gasteiger partial charge in [-0.3, -0.25) is 0 Å². The number of nitrogens with one attached hydrogen (secondary N) is 2. The molecule has 5 unspecified atom stereocenters. The first-order valence-electron chi connectivity index (χ1n) is 12.5. The van der Waals surface area contributed by atoms with Gasteiger partial charge in [0.2, 0.25) is 0 Å². The second kappa shape index (κ2) is 14.7. The van der Waals surface area contributed by atoms with Crippen molar-refractivity contribution >= 4 is 20.3 Å². The maximum absolute atomic E-state index is 12.4. The molecule has 5 atom stereocenters. The van der Waals surface area contributed by atoms with Gasteiger partial charge in [0, 0.05) is 12.6 Å². The Labute approximate surface area is 220 Å². The van der Waals surface area contributed by atoms with Gasteiger partial charge >= 0.3 is 12.2 Å². The van der Waals surface area contributed by atoms with Gasteiger partial charge in [-0.2, -0.15) is 0 Å². The van der Waals surface area contributed by atoms with Crippen LogP contribution in [-0.2, 0) is 17.6 Å². The Hall–Kier alpha value is -2.92. The van der Waals surface area contributed by atoms with Gasteiger partial charge in [-0.05, 0) is 35.9 Å². The predicted molar refractivity (Wildman–Crippen MR) is 146 cm³/mol. The predicted octanol–water partition coefficient (Wildman–Crippen LogP) is 2.98. The highest BCUT2D eigenvalue weighted by atomic mass is 28.3. The monoisotopic (exact) mass is 531 g/mol. The topological polar surface area (TPSA) is 154 Å². The number of alkyl carbamates (subject to hydrolysis) is 1. The molecule has 2 aromatic carbocycles. The van der Waals surface area contributed by atoms with Crippen molar-refractivity contribution in [3.05, 3.63) is 71.8 Å². The molecule has 37 heavy (non-hydrogen) atoms. The minimum absolute atomic E-state index is 0.0282. The number of carbonyl (C=O) groups excluding carboxylic acids is 1. The molecule has 0 aromatic heterocycles. The first kappa shape index (κ1) is 30.3. The molecule has 0 aliphatic rings. The maximum atomic E-state index is 12.4. The summed E-state index contributed by atoms with van der Waals surface area (Å²) in [7, 11) is -1.82. The summed E-state index contributed by atoms with van der Waals surface area (Å²) in [5.41, 5.74) is 8.14. The van der Waals surface area contributed by atoms with Crippen LogP contribution >= 0.6 is 0 Å². The van der Waals surface area contributed by atoms with Crippen LogP contribution in [0.4, 0.5) is 9.59 Å². The molecular formula is C27H41N3O6Si. The fourth-order valence-corrected chi connectivity index (χ4v) is 5.56. The Bertz CT molecular complexity index is 958. The van der Waals surface area contributed by atoms with E-state index in [1.165, 1.54) is 0 Å². The van der Waals surface area contributed by atoms with Crippen LogP contribution in [0.2, 0.25) is 25.2 Å². The van der Waals surface area contributed by atoms with Crippen molar-refractivity contribution in [2.75, 3.05) is 13.2 Å². The third kappa shape index (κ3) is 11.3.